The van der Waals surface area contributed by atoms with Crippen LogP contribution in [0.25, 0.3) is 0 Å². The SMILES string of the molecule is CN(C)[C@@H]1CN(C(=O)c2c(F)cccc2Cl)CC[C@]1(O)c1ccccc1. The van der Waals surface area contributed by atoms with Gasteiger partial charge >= 0.3 is 0 Å². The normalized spacial score (nSPS) is 23.3. The topological polar surface area (TPSA) is 43.8 Å². The monoisotopic (exact) mass is 376 g/mol. The summed E-state index contributed by atoms with van der Waals surface area (Å²) in [4.78, 5) is 16.3. The lowest BCUT2D eigenvalue weighted by atomic mass is 9.79. The van der Waals surface area contributed by atoms with E-state index in [1.165, 1.54) is 18.2 Å². The Kier molecular flexibility index (Phi) is 5.32. The fourth-order valence-electron chi connectivity index (χ4n) is 3.62. The summed E-state index contributed by atoms with van der Waals surface area (Å²) in [5.74, 6) is -1.08. The second-order valence-corrected chi connectivity index (χ2v) is 7.27. The number of hydrogen-bond acceptors (Lipinski definition) is 3. The minimum absolute atomic E-state index is 0.0975. The van der Waals surface area contributed by atoms with Gasteiger partial charge < -0.3 is 14.9 Å². The molecule has 0 radical (unpaired) electrons. The zero-order valence-electron chi connectivity index (χ0n) is 14.8. The van der Waals surface area contributed by atoms with E-state index in [0.717, 1.165) is 5.56 Å². The van der Waals surface area contributed by atoms with Crippen LogP contribution in [0.3, 0.4) is 0 Å². The van der Waals surface area contributed by atoms with Crippen LogP contribution in [0.4, 0.5) is 4.39 Å². The van der Waals surface area contributed by atoms with Crippen LogP contribution >= 0.6 is 11.6 Å². The number of aliphatic hydroxyl groups is 1. The van der Waals surface area contributed by atoms with Crippen LogP contribution in [0, 0.1) is 5.82 Å². The van der Waals surface area contributed by atoms with E-state index in [1.54, 1.807) is 4.90 Å². The standard InChI is InChI=1S/C20H22ClFN2O2/c1-23(2)17-13-24(19(25)18-15(21)9-6-10-16(18)22)12-11-20(17,26)14-7-4-3-5-8-14/h3-10,17,26H,11-13H2,1-2H3/t17-,20+/m1/s1. The highest BCUT2D eigenvalue weighted by molar-refractivity contribution is 6.33. The van der Waals surface area contributed by atoms with Crippen molar-refractivity contribution >= 4 is 17.5 Å². The molecule has 0 bridgehead atoms. The number of likely N-dealkylation sites (tertiary alicyclic amines) is 1. The Morgan fingerprint density at radius 1 is 1.23 bits per heavy atom. The summed E-state index contributed by atoms with van der Waals surface area (Å²) in [6.45, 7) is 0.598. The summed E-state index contributed by atoms with van der Waals surface area (Å²) in [5.41, 5.74) is -0.382. The molecule has 0 aliphatic carbocycles. The summed E-state index contributed by atoms with van der Waals surface area (Å²) < 4.78 is 14.1. The van der Waals surface area contributed by atoms with Crippen molar-refractivity contribution in [3.05, 3.63) is 70.5 Å². The average Bonchev–Trinajstić information content (AvgIpc) is 2.62. The number of halogens is 2. The maximum atomic E-state index is 14.1. The zero-order chi connectivity index (χ0) is 18.9. The Hall–Kier alpha value is -1.95. The number of piperidine rings is 1. The Morgan fingerprint density at radius 2 is 1.92 bits per heavy atom. The van der Waals surface area contributed by atoms with Crippen LogP contribution in [0.1, 0.15) is 22.3 Å². The van der Waals surface area contributed by atoms with Gasteiger partial charge in [0, 0.05) is 13.1 Å². The molecule has 1 saturated heterocycles. The molecule has 0 unspecified atom stereocenters. The second kappa shape index (κ2) is 7.35. The molecular formula is C20H22ClFN2O2. The van der Waals surface area contributed by atoms with Gasteiger partial charge in [-0.1, -0.05) is 48.0 Å². The van der Waals surface area contributed by atoms with Crippen molar-refractivity contribution in [1.82, 2.24) is 9.80 Å². The molecule has 1 aliphatic heterocycles. The van der Waals surface area contributed by atoms with E-state index in [4.69, 9.17) is 11.6 Å². The van der Waals surface area contributed by atoms with E-state index >= 15 is 0 Å². The van der Waals surface area contributed by atoms with Crippen molar-refractivity contribution in [2.24, 2.45) is 0 Å². The number of amides is 1. The summed E-state index contributed by atoms with van der Waals surface area (Å²) in [6, 6.07) is 13.3. The number of likely N-dealkylation sites (N-methyl/N-ethyl adjacent to an activating group) is 1. The number of benzene rings is 2. The van der Waals surface area contributed by atoms with Crippen molar-refractivity contribution in [2.45, 2.75) is 18.1 Å². The summed E-state index contributed by atoms with van der Waals surface area (Å²) in [6.07, 6.45) is 0.359. The minimum atomic E-state index is -1.08. The molecule has 1 heterocycles. The number of nitrogens with zero attached hydrogens (tertiary/aromatic N) is 2. The van der Waals surface area contributed by atoms with E-state index in [0.29, 0.717) is 13.0 Å². The van der Waals surface area contributed by atoms with Gasteiger partial charge in [-0.2, -0.15) is 0 Å². The molecule has 2 atom stereocenters. The molecule has 26 heavy (non-hydrogen) atoms. The Balaban J connectivity index is 1.90. The highest BCUT2D eigenvalue weighted by atomic mass is 35.5. The van der Waals surface area contributed by atoms with Crippen LogP contribution in [0.2, 0.25) is 5.02 Å². The second-order valence-electron chi connectivity index (χ2n) is 6.87. The molecule has 2 aromatic carbocycles. The van der Waals surface area contributed by atoms with Gasteiger partial charge in [0.2, 0.25) is 0 Å². The largest absolute Gasteiger partial charge is 0.383 e. The van der Waals surface area contributed by atoms with Crippen molar-refractivity contribution < 1.29 is 14.3 Å². The number of carbonyl (C=O) groups is 1. The van der Waals surface area contributed by atoms with Gasteiger partial charge in [0.15, 0.2) is 0 Å². The van der Waals surface area contributed by atoms with Gasteiger partial charge in [-0.05, 0) is 38.2 Å². The minimum Gasteiger partial charge on any atom is -0.383 e. The van der Waals surface area contributed by atoms with Crippen LogP contribution < -0.4 is 0 Å². The van der Waals surface area contributed by atoms with E-state index < -0.39 is 17.3 Å². The number of hydrogen-bond donors (Lipinski definition) is 1. The van der Waals surface area contributed by atoms with E-state index in [9.17, 15) is 14.3 Å². The molecule has 0 spiro atoms. The first kappa shape index (κ1) is 18.8. The van der Waals surface area contributed by atoms with Crippen molar-refractivity contribution in [3.8, 4) is 0 Å². The molecule has 1 N–H and O–H groups in total. The molecule has 3 rings (SSSR count). The van der Waals surface area contributed by atoms with E-state index in [1.807, 2.05) is 49.3 Å². The Bertz CT molecular complexity index is 779. The lowest BCUT2D eigenvalue weighted by molar-refractivity contribution is -0.0810. The molecule has 1 fully saturated rings. The van der Waals surface area contributed by atoms with Gasteiger partial charge in [0.05, 0.1) is 16.6 Å². The van der Waals surface area contributed by atoms with Gasteiger partial charge in [-0.25, -0.2) is 4.39 Å². The summed E-state index contributed by atoms with van der Waals surface area (Å²) >= 11 is 6.05. The highest BCUT2D eigenvalue weighted by Gasteiger charge is 2.45. The molecule has 138 valence electrons. The lowest BCUT2D eigenvalue weighted by Crippen LogP contribution is -2.60. The van der Waals surface area contributed by atoms with E-state index in [-0.39, 0.29) is 23.2 Å². The third kappa shape index (κ3) is 3.34. The van der Waals surface area contributed by atoms with Crippen LogP contribution in [-0.2, 0) is 5.60 Å². The maximum absolute atomic E-state index is 14.1. The smallest absolute Gasteiger partial charge is 0.258 e. The summed E-state index contributed by atoms with van der Waals surface area (Å²) in [7, 11) is 3.73. The lowest BCUT2D eigenvalue weighted by Gasteiger charge is -2.47. The van der Waals surface area contributed by atoms with Gasteiger partial charge in [0.1, 0.15) is 11.4 Å². The maximum Gasteiger partial charge on any atom is 0.258 e. The fraction of sp³-hybridized carbons (Fsp3) is 0.350. The predicted molar refractivity (Wildman–Crippen MR) is 99.7 cm³/mol. The van der Waals surface area contributed by atoms with Crippen molar-refractivity contribution in [3.63, 3.8) is 0 Å². The fourth-order valence-corrected chi connectivity index (χ4v) is 3.87. The zero-order valence-corrected chi connectivity index (χ0v) is 15.6. The molecule has 0 aromatic heterocycles. The predicted octanol–water partition coefficient (Wildman–Crippen LogP) is 3.14. The first-order valence-corrected chi connectivity index (χ1v) is 8.90. The van der Waals surface area contributed by atoms with Crippen LogP contribution in [-0.4, -0.2) is 54.0 Å². The quantitative estimate of drug-likeness (QED) is 0.895. The van der Waals surface area contributed by atoms with Gasteiger partial charge in [0.25, 0.3) is 5.91 Å². The molecule has 2 aromatic rings. The molecule has 0 saturated carbocycles. The molecule has 6 heteroatoms. The van der Waals surface area contributed by atoms with Crippen LogP contribution in [0.15, 0.2) is 48.5 Å². The van der Waals surface area contributed by atoms with Crippen LogP contribution in [0.5, 0.6) is 0 Å². The number of carbonyl (C=O) groups excluding carboxylic acids is 1. The van der Waals surface area contributed by atoms with Gasteiger partial charge in [-0.15, -0.1) is 0 Å². The Labute approximate surface area is 157 Å². The third-order valence-electron chi connectivity index (χ3n) is 5.07. The van der Waals surface area contributed by atoms with Crippen molar-refractivity contribution in [1.29, 1.82) is 0 Å². The first-order valence-electron chi connectivity index (χ1n) is 8.52. The summed E-state index contributed by atoms with van der Waals surface area (Å²) in [5, 5.41) is 11.5. The Morgan fingerprint density at radius 3 is 2.54 bits per heavy atom. The van der Waals surface area contributed by atoms with E-state index in [2.05, 4.69) is 0 Å². The van der Waals surface area contributed by atoms with Crippen molar-refractivity contribution in [2.75, 3.05) is 27.2 Å². The first-order chi connectivity index (χ1) is 12.3. The molecule has 4 nitrogen and oxygen atoms in total. The average molecular weight is 377 g/mol. The molecular weight excluding hydrogens is 355 g/mol. The molecule has 1 aliphatic rings. The molecule has 1 amide bonds. The highest BCUT2D eigenvalue weighted by Crippen LogP contribution is 2.36. The van der Waals surface area contributed by atoms with Gasteiger partial charge in [-0.3, -0.25) is 4.79 Å². The third-order valence-corrected chi connectivity index (χ3v) is 5.38. The number of rotatable bonds is 3.